The Morgan fingerprint density at radius 3 is 2.82 bits per heavy atom. The fraction of sp³-hybridized carbons (Fsp3) is 0.600. The minimum absolute atomic E-state index is 0.169. The standard InChI is InChI=1S/C10H16N2O4S/c1-7-9(4-5-15-7)12-6-8-2-3-10(16-8)17(11,13)14/h2-3,7,9,12H,4-6H2,1H3,(H2,11,13,14). The summed E-state index contributed by atoms with van der Waals surface area (Å²) >= 11 is 0. The van der Waals surface area contributed by atoms with Gasteiger partial charge in [-0.3, -0.25) is 0 Å². The molecule has 6 nitrogen and oxygen atoms in total. The van der Waals surface area contributed by atoms with Crippen molar-refractivity contribution in [3.63, 3.8) is 0 Å². The van der Waals surface area contributed by atoms with Crippen LogP contribution in [0.2, 0.25) is 0 Å². The molecule has 0 saturated carbocycles. The topological polar surface area (TPSA) is 94.6 Å². The quantitative estimate of drug-likeness (QED) is 0.806. The predicted octanol–water partition coefficient (Wildman–Crippen LogP) is 0.194. The zero-order valence-electron chi connectivity index (χ0n) is 9.55. The molecule has 1 aliphatic rings. The molecule has 1 saturated heterocycles. The van der Waals surface area contributed by atoms with Gasteiger partial charge in [-0.2, -0.15) is 0 Å². The fourth-order valence-electron chi connectivity index (χ4n) is 1.84. The van der Waals surface area contributed by atoms with Crippen LogP contribution in [0.25, 0.3) is 0 Å². The number of rotatable bonds is 4. The number of nitrogens with one attached hydrogen (secondary N) is 1. The van der Waals surface area contributed by atoms with E-state index in [9.17, 15) is 8.42 Å². The monoisotopic (exact) mass is 260 g/mol. The molecule has 0 bridgehead atoms. The van der Waals surface area contributed by atoms with Crippen molar-refractivity contribution in [3.8, 4) is 0 Å². The van der Waals surface area contributed by atoms with Crippen LogP contribution in [0, 0.1) is 0 Å². The molecule has 0 amide bonds. The van der Waals surface area contributed by atoms with Crippen LogP contribution in [-0.4, -0.2) is 27.2 Å². The molecule has 96 valence electrons. The van der Waals surface area contributed by atoms with E-state index in [1.54, 1.807) is 6.07 Å². The van der Waals surface area contributed by atoms with Gasteiger partial charge in [-0.15, -0.1) is 0 Å². The van der Waals surface area contributed by atoms with E-state index in [4.69, 9.17) is 14.3 Å². The van der Waals surface area contributed by atoms with Crippen molar-refractivity contribution >= 4 is 10.0 Å². The number of nitrogens with two attached hydrogens (primary N) is 1. The molecule has 2 unspecified atom stereocenters. The smallest absolute Gasteiger partial charge is 0.271 e. The van der Waals surface area contributed by atoms with E-state index in [2.05, 4.69) is 5.32 Å². The van der Waals surface area contributed by atoms with Crippen LogP contribution in [0.3, 0.4) is 0 Å². The van der Waals surface area contributed by atoms with Crippen molar-refractivity contribution < 1.29 is 17.6 Å². The summed E-state index contributed by atoms with van der Waals surface area (Å²) in [6.45, 7) is 3.22. The van der Waals surface area contributed by atoms with Crippen molar-refractivity contribution in [1.29, 1.82) is 0 Å². The molecule has 0 aliphatic carbocycles. The lowest BCUT2D eigenvalue weighted by Crippen LogP contribution is -2.33. The van der Waals surface area contributed by atoms with Gasteiger partial charge in [0.15, 0.2) is 0 Å². The Labute approximate surface area is 100 Å². The van der Waals surface area contributed by atoms with E-state index in [0.717, 1.165) is 13.0 Å². The van der Waals surface area contributed by atoms with Gasteiger partial charge in [0, 0.05) is 12.6 Å². The molecule has 0 spiro atoms. The molecule has 1 fully saturated rings. The van der Waals surface area contributed by atoms with Gasteiger partial charge in [-0.1, -0.05) is 0 Å². The summed E-state index contributed by atoms with van der Waals surface area (Å²) in [6.07, 6.45) is 1.12. The van der Waals surface area contributed by atoms with Gasteiger partial charge in [0.2, 0.25) is 5.09 Å². The second-order valence-corrected chi connectivity index (χ2v) is 5.61. The molecular formula is C10H16N2O4S. The Kier molecular flexibility index (Phi) is 3.53. The maximum absolute atomic E-state index is 11.0. The second kappa shape index (κ2) is 4.77. The van der Waals surface area contributed by atoms with Crippen LogP contribution in [0.4, 0.5) is 0 Å². The van der Waals surface area contributed by atoms with Gasteiger partial charge in [0.25, 0.3) is 10.0 Å². The zero-order chi connectivity index (χ0) is 12.5. The van der Waals surface area contributed by atoms with E-state index < -0.39 is 10.0 Å². The molecular weight excluding hydrogens is 244 g/mol. The maximum atomic E-state index is 11.0. The highest BCUT2D eigenvalue weighted by Gasteiger charge is 2.23. The van der Waals surface area contributed by atoms with E-state index in [1.165, 1.54) is 6.07 Å². The van der Waals surface area contributed by atoms with Gasteiger partial charge in [-0.25, -0.2) is 13.6 Å². The van der Waals surface area contributed by atoms with Crippen molar-refractivity contribution in [2.45, 2.75) is 37.1 Å². The Hall–Kier alpha value is -0.890. The summed E-state index contributed by atoms with van der Waals surface area (Å²) in [5, 5.41) is 8.00. The number of hydrogen-bond acceptors (Lipinski definition) is 5. The lowest BCUT2D eigenvalue weighted by atomic mass is 10.1. The average molecular weight is 260 g/mol. The van der Waals surface area contributed by atoms with Crippen LogP contribution in [0.5, 0.6) is 0 Å². The first-order valence-corrected chi connectivity index (χ1v) is 6.98. The lowest BCUT2D eigenvalue weighted by molar-refractivity contribution is 0.112. The van der Waals surface area contributed by atoms with Crippen LogP contribution in [0.1, 0.15) is 19.1 Å². The molecule has 2 rings (SSSR count). The third kappa shape index (κ3) is 3.06. The third-order valence-corrected chi connectivity index (χ3v) is 3.61. The summed E-state index contributed by atoms with van der Waals surface area (Å²) in [5.41, 5.74) is 0. The van der Waals surface area contributed by atoms with Crippen LogP contribution in [0.15, 0.2) is 21.6 Å². The Bertz CT molecular complexity index is 482. The molecule has 7 heteroatoms. The third-order valence-electron chi connectivity index (χ3n) is 2.83. The molecule has 17 heavy (non-hydrogen) atoms. The van der Waals surface area contributed by atoms with Crippen molar-refractivity contribution in [3.05, 3.63) is 17.9 Å². The molecule has 1 aromatic rings. The molecule has 2 atom stereocenters. The number of sulfonamides is 1. The molecule has 1 aliphatic heterocycles. The fourth-order valence-corrected chi connectivity index (χ4v) is 2.32. The van der Waals surface area contributed by atoms with E-state index in [1.807, 2.05) is 6.92 Å². The lowest BCUT2D eigenvalue weighted by Gasteiger charge is -2.14. The van der Waals surface area contributed by atoms with Gasteiger partial charge in [0.1, 0.15) is 5.76 Å². The molecule has 2 heterocycles. The summed E-state index contributed by atoms with van der Waals surface area (Å²) in [4.78, 5) is 0. The minimum Gasteiger partial charge on any atom is -0.447 e. The van der Waals surface area contributed by atoms with E-state index in [0.29, 0.717) is 12.3 Å². The SMILES string of the molecule is CC1OCCC1NCc1ccc(S(N)(=O)=O)o1. The summed E-state index contributed by atoms with van der Waals surface area (Å²) in [7, 11) is -3.75. The largest absolute Gasteiger partial charge is 0.447 e. The first-order valence-electron chi connectivity index (χ1n) is 5.43. The Balaban J connectivity index is 1.94. The first kappa shape index (κ1) is 12.6. The van der Waals surface area contributed by atoms with Crippen molar-refractivity contribution in [2.24, 2.45) is 5.14 Å². The summed E-state index contributed by atoms with van der Waals surface area (Å²) in [6, 6.07) is 3.24. The Morgan fingerprint density at radius 1 is 1.53 bits per heavy atom. The molecule has 3 N–H and O–H groups in total. The highest BCUT2D eigenvalue weighted by Crippen LogP contribution is 2.15. The van der Waals surface area contributed by atoms with Gasteiger partial charge in [0.05, 0.1) is 12.6 Å². The molecule has 1 aromatic heterocycles. The van der Waals surface area contributed by atoms with Crippen molar-refractivity contribution in [1.82, 2.24) is 5.32 Å². The van der Waals surface area contributed by atoms with Gasteiger partial charge >= 0.3 is 0 Å². The summed E-state index contributed by atoms with van der Waals surface area (Å²) < 4.78 is 32.5. The predicted molar refractivity (Wildman–Crippen MR) is 60.7 cm³/mol. The number of hydrogen-bond donors (Lipinski definition) is 2. The number of ether oxygens (including phenoxy) is 1. The maximum Gasteiger partial charge on any atom is 0.271 e. The zero-order valence-corrected chi connectivity index (χ0v) is 10.4. The van der Waals surface area contributed by atoms with E-state index in [-0.39, 0.29) is 17.2 Å². The number of primary sulfonamides is 1. The van der Waals surface area contributed by atoms with Crippen molar-refractivity contribution in [2.75, 3.05) is 6.61 Å². The Morgan fingerprint density at radius 2 is 2.29 bits per heavy atom. The molecule has 0 radical (unpaired) electrons. The van der Waals surface area contributed by atoms with Crippen LogP contribution in [-0.2, 0) is 21.3 Å². The second-order valence-electron chi connectivity index (χ2n) is 4.12. The van der Waals surface area contributed by atoms with Gasteiger partial charge in [-0.05, 0) is 25.5 Å². The van der Waals surface area contributed by atoms with Crippen LogP contribution >= 0.6 is 0 Å². The average Bonchev–Trinajstić information content (AvgIpc) is 2.82. The molecule has 0 aromatic carbocycles. The minimum atomic E-state index is -3.75. The first-order chi connectivity index (χ1) is 7.97. The summed E-state index contributed by atoms with van der Waals surface area (Å²) in [5.74, 6) is 0.549. The van der Waals surface area contributed by atoms with Gasteiger partial charge < -0.3 is 14.5 Å². The van der Waals surface area contributed by atoms with E-state index >= 15 is 0 Å². The highest BCUT2D eigenvalue weighted by atomic mass is 32.2. The number of furan rings is 1. The van der Waals surface area contributed by atoms with Crippen LogP contribution < -0.4 is 10.5 Å². The normalized spacial score (nSPS) is 25.3. The highest BCUT2D eigenvalue weighted by molar-refractivity contribution is 7.89.